The summed E-state index contributed by atoms with van der Waals surface area (Å²) in [6.07, 6.45) is 0.946. The van der Waals surface area contributed by atoms with E-state index in [4.69, 9.17) is 0 Å². The number of phenolic OH excluding ortho intramolecular Hbond substituents is 2. The molecule has 0 heterocycles. The Morgan fingerprint density at radius 1 is 0.852 bits per heavy atom. The van der Waals surface area contributed by atoms with Crippen molar-refractivity contribution in [3.05, 3.63) is 53.1 Å². The third kappa shape index (κ3) is 5.49. The van der Waals surface area contributed by atoms with Crippen molar-refractivity contribution >= 4 is 11.6 Å². The molecule has 0 bridgehead atoms. The number of nitrogens with one attached hydrogen (secondary N) is 1. The van der Waals surface area contributed by atoms with Gasteiger partial charge in [-0.3, -0.25) is 4.79 Å². The molecule has 0 unspecified atom stereocenters. The molecule has 0 aliphatic heterocycles. The van der Waals surface area contributed by atoms with Crippen LogP contribution in [0.2, 0.25) is 0 Å². The van der Waals surface area contributed by atoms with Gasteiger partial charge in [-0.15, -0.1) is 0 Å². The van der Waals surface area contributed by atoms with Gasteiger partial charge in [-0.05, 0) is 70.3 Å². The molecule has 146 valence electrons. The first-order valence-electron chi connectivity index (χ1n) is 9.33. The lowest BCUT2D eigenvalue weighted by atomic mass is 9.75. The molecule has 2 aromatic rings. The van der Waals surface area contributed by atoms with Gasteiger partial charge >= 0.3 is 0 Å². The second kappa shape index (κ2) is 7.63. The lowest BCUT2D eigenvalue weighted by Gasteiger charge is -2.30. The average Bonchev–Trinajstić information content (AvgIpc) is 2.53. The zero-order valence-corrected chi connectivity index (χ0v) is 17.2. The molecule has 0 saturated carbocycles. The van der Waals surface area contributed by atoms with Crippen LogP contribution >= 0.6 is 0 Å². The summed E-state index contributed by atoms with van der Waals surface area (Å²) in [4.78, 5) is 12.4. The first-order chi connectivity index (χ1) is 12.4. The third-order valence-corrected chi connectivity index (χ3v) is 4.60. The topological polar surface area (TPSA) is 69.6 Å². The monoisotopic (exact) mass is 369 g/mol. The Kier molecular flexibility index (Phi) is 5.88. The Bertz CT molecular complexity index is 774. The van der Waals surface area contributed by atoms with Crippen LogP contribution in [0.25, 0.3) is 0 Å². The summed E-state index contributed by atoms with van der Waals surface area (Å²) in [6, 6.07) is 10.1. The molecule has 0 fully saturated rings. The van der Waals surface area contributed by atoms with Crippen LogP contribution in [-0.4, -0.2) is 16.1 Å². The largest absolute Gasteiger partial charge is 0.508 e. The fourth-order valence-electron chi connectivity index (χ4n) is 3.27. The molecule has 4 nitrogen and oxygen atoms in total. The molecule has 27 heavy (non-hydrogen) atoms. The number of hydrogen-bond donors (Lipinski definition) is 3. The van der Waals surface area contributed by atoms with Gasteiger partial charge in [0.1, 0.15) is 11.5 Å². The van der Waals surface area contributed by atoms with Gasteiger partial charge < -0.3 is 15.5 Å². The standard InChI is InChI=1S/C23H31NO3/c1-22(2,3)19-13-17(26)14-20(23(4,5)6)18(19)11-12-21(27)24-15-7-9-16(25)10-8-15/h7-10,13-14,25-26H,11-12H2,1-6H3,(H,24,27). The van der Waals surface area contributed by atoms with E-state index < -0.39 is 0 Å². The first-order valence-corrected chi connectivity index (χ1v) is 9.33. The highest BCUT2D eigenvalue weighted by Crippen LogP contribution is 2.37. The minimum absolute atomic E-state index is 0.0755. The van der Waals surface area contributed by atoms with E-state index >= 15 is 0 Å². The van der Waals surface area contributed by atoms with Crippen LogP contribution < -0.4 is 5.32 Å². The molecule has 0 aliphatic carbocycles. The number of aromatic hydroxyl groups is 2. The quantitative estimate of drug-likeness (QED) is 0.644. The zero-order valence-electron chi connectivity index (χ0n) is 17.2. The fourth-order valence-corrected chi connectivity index (χ4v) is 3.27. The van der Waals surface area contributed by atoms with E-state index in [1.807, 2.05) is 12.1 Å². The molecule has 0 radical (unpaired) electrons. The summed E-state index contributed by atoms with van der Waals surface area (Å²) in [6.45, 7) is 12.7. The number of rotatable bonds is 4. The predicted octanol–water partition coefficient (Wildman–Crippen LogP) is 5.26. The van der Waals surface area contributed by atoms with E-state index in [2.05, 4.69) is 46.9 Å². The molecule has 4 heteroatoms. The maximum atomic E-state index is 12.4. The van der Waals surface area contributed by atoms with Gasteiger partial charge in [0.2, 0.25) is 5.91 Å². The number of hydrogen-bond acceptors (Lipinski definition) is 3. The number of anilines is 1. The molecule has 0 spiro atoms. The molecule has 2 aromatic carbocycles. The number of carbonyl (C=O) groups is 1. The maximum Gasteiger partial charge on any atom is 0.224 e. The van der Waals surface area contributed by atoms with Gasteiger partial charge in [-0.2, -0.15) is 0 Å². The summed E-state index contributed by atoms with van der Waals surface area (Å²) in [7, 11) is 0. The van der Waals surface area contributed by atoms with Gasteiger partial charge in [-0.1, -0.05) is 41.5 Å². The van der Waals surface area contributed by atoms with Crippen molar-refractivity contribution in [2.45, 2.75) is 65.2 Å². The van der Waals surface area contributed by atoms with Crippen molar-refractivity contribution in [2.24, 2.45) is 0 Å². The number of benzene rings is 2. The first kappa shape index (κ1) is 20.8. The van der Waals surface area contributed by atoms with Crippen molar-refractivity contribution in [1.29, 1.82) is 0 Å². The highest BCUT2D eigenvalue weighted by atomic mass is 16.3. The summed E-state index contributed by atoms with van der Waals surface area (Å²) in [5.41, 5.74) is 3.67. The third-order valence-electron chi connectivity index (χ3n) is 4.60. The molecule has 0 aromatic heterocycles. The van der Waals surface area contributed by atoms with Crippen LogP contribution in [0.4, 0.5) is 5.69 Å². The molecular formula is C23H31NO3. The van der Waals surface area contributed by atoms with Crippen molar-refractivity contribution in [2.75, 3.05) is 5.32 Å². The van der Waals surface area contributed by atoms with Crippen LogP contribution in [0.5, 0.6) is 11.5 Å². The molecular weight excluding hydrogens is 338 g/mol. The van der Waals surface area contributed by atoms with Gasteiger partial charge in [0.25, 0.3) is 0 Å². The fraction of sp³-hybridized carbons (Fsp3) is 0.435. The molecule has 0 saturated heterocycles. The molecule has 0 aliphatic rings. The highest BCUT2D eigenvalue weighted by molar-refractivity contribution is 5.90. The zero-order chi connectivity index (χ0) is 20.4. The van der Waals surface area contributed by atoms with E-state index in [-0.39, 0.29) is 28.2 Å². The minimum atomic E-state index is -0.137. The minimum Gasteiger partial charge on any atom is -0.508 e. The van der Waals surface area contributed by atoms with Gasteiger partial charge in [0, 0.05) is 12.1 Å². The molecule has 0 atom stereocenters. The lowest BCUT2D eigenvalue weighted by Crippen LogP contribution is -2.22. The summed E-state index contributed by atoms with van der Waals surface area (Å²) >= 11 is 0. The van der Waals surface area contributed by atoms with Gasteiger partial charge in [0.15, 0.2) is 0 Å². The van der Waals surface area contributed by atoms with Gasteiger partial charge in [0.05, 0.1) is 0 Å². The van der Waals surface area contributed by atoms with Crippen LogP contribution in [0.15, 0.2) is 36.4 Å². The van der Waals surface area contributed by atoms with Crippen molar-refractivity contribution < 1.29 is 15.0 Å². The normalized spacial score (nSPS) is 12.1. The average molecular weight is 370 g/mol. The molecule has 3 N–H and O–H groups in total. The van der Waals surface area contributed by atoms with E-state index in [1.165, 1.54) is 0 Å². The highest BCUT2D eigenvalue weighted by Gasteiger charge is 2.26. The number of amides is 1. The van der Waals surface area contributed by atoms with Crippen LogP contribution in [0, 0.1) is 0 Å². The van der Waals surface area contributed by atoms with E-state index in [9.17, 15) is 15.0 Å². The lowest BCUT2D eigenvalue weighted by molar-refractivity contribution is -0.116. The van der Waals surface area contributed by atoms with Crippen molar-refractivity contribution in [1.82, 2.24) is 0 Å². The van der Waals surface area contributed by atoms with E-state index in [0.29, 0.717) is 18.5 Å². The second-order valence-corrected chi connectivity index (χ2v) is 9.11. The molecule has 1 amide bonds. The Labute approximate surface area is 162 Å². The maximum absolute atomic E-state index is 12.4. The Hall–Kier alpha value is -2.49. The Balaban J connectivity index is 2.28. The smallest absolute Gasteiger partial charge is 0.224 e. The van der Waals surface area contributed by atoms with E-state index in [0.717, 1.165) is 16.7 Å². The summed E-state index contributed by atoms with van der Waals surface area (Å²) < 4.78 is 0. The van der Waals surface area contributed by atoms with Crippen LogP contribution in [-0.2, 0) is 22.0 Å². The van der Waals surface area contributed by atoms with Crippen LogP contribution in [0.3, 0.4) is 0 Å². The van der Waals surface area contributed by atoms with Crippen molar-refractivity contribution in [3.63, 3.8) is 0 Å². The summed E-state index contributed by atoms with van der Waals surface area (Å²) in [5.74, 6) is 0.359. The summed E-state index contributed by atoms with van der Waals surface area (Å²) in [5, 5.41) is 22.5. The predicted molar refractivity (Wildman–Crippen MR) is 111 cm³/mol. The van der Waals surface area contributed by atoms with E-state index in [1.54, 1.807) is 24.3 Å². The van der Waals surface area contributed by atoms with Gasteiger partial charge in [-0.25, -0.2) is 0 Å². The van der Waals surface area contributed by atoms with Crippen molar-refractivity contribution in [3.8, 4) is 11.5 Å². The number of carbonyl (C=O) groups excluding carboxylic acids is 1. The SMILES string of the molecule is CC(C)(C)c1cc(O)cc(C(C)(C)C)c1CCC(=O)Nc1ccc(O)cc1. The Morgan fingerprint density at radius 3 is 1.78 bits per heavy atom. The second-order valence-electron chi connectivity index (χ2n) is 9.11. The Morgan fingerprint density at radius 2 is 1.33 bits per heavy atom. The van der Waals surface area contributed by atoms with Crippen LogP contribution in [0.1, 0.15) is 64.7 Å². The molecule has 2 rings (SSSR count). The number of phenols is 2.